The lowest BCUT2D eigenvalue weighted by Gasteiger charge is -2.09. The zero-order valence-electron chi connectivity index (χ0n) is 15.5. The van der Waals surface area contributed by atoms with Crippen LogP contribution in [0.4, 0.5) is 11.4 Å². The van der Waals surface area contributed by atoms with Gasteiger partial charge in [-0.3, -0.25) is 9.59 Å². The lowest BCUT2D eigenvalue weighted by Crippen LogP contribution is -2.16. The smallest absolute Gasteiger partial charge is 0.255 e. The molecule has 7 nitrogen and oxygen atoms in total. The number of hydrogen-bond donors (Lipinski definition) is 2. The fourth-order valence-corrected chi connectivity index (χ4v) is 3.06. The highest BCUT2D eigenvalue weighted by Gasteiger charge is 2.39. The number of amides is 2. The Morgan fingerprint density at radius 2 is 1.89 bits per heavy atom. The van der Waals surface area contributed by atoms with Crippen LogP contribution < -0.4 is 10.6 Å². The van der Waals surface area contributed by atoms with Crippen LogP contribution in [-0.4, -0.2) is 26.6 Å². The molecule has 2 amide bonds. The molecule has 3 aromatic rings. The molecule has 1 aromatic heterocycles. The highest BCUT2D eigenvalue weighted by molar-refractivity contribution is 6.05. The third-order valence-electron chi connectivity index (χ3n) is 4.86. The van der Waals surface area contributed by atoms with Crippen molar-refractivity contribution < 1.29 is 9.59 Å². The van der Waals surface area contributed by atoms with Crippen LogP contribution in [0.3, 0.4) is 0 Å². The molecule has 28 heavy (non-hydrogen) atoms. The molecule has 4 rings (SSSR count). The molecule has 1 heterocycles. The van der Waals surface area contributed by atoms with Gasteiger partial charge in [-0.25, -0.2) is 9.67 Å². The first-order valence-corrected chi connectivity index (χ1v) is 9.22. The van der Waals surface area contributed by atoms with Crippen LogP contribution in [0.15, 0.2) is 61.2 Å². The van der Waals surface area contributed by atoms with Crippen LogP contribution >= 0.6 is 0 Å². The van der Waals surface area contributed by atoms with Gasteiger partial charge < -0.3 is 10.6 Å². The van der Waals surface area contributed by atoms with E-state index >= 15 is 0 Å². The molecular weight excluding hydrogens is 354 g/mol. The lowest BCUT2D eigenvalue weighted by atomic mass is 10.1. The quantitative estimate of drug-likeness (QED) is 0.693. The van der Waals surface area contributed by atoms with E-state index in [1.807, 2.05) is 24.3 Å². The largest absolute Gasteiger partial charge is 0.326 e. The van der Waals surface area contributed by atoms with Gasteiger partial charge in [-0.1, -0.05) is 25.1 Å². The number of hydrogen-bond acceptors (Lipinski definition) is 4. The summed E-state index contributed by atoms with van der Waals surface area (Å²) in [5.74, 6) is 0.334. The van der Waals surface area contributed by atoms with Gasteiger partial charge in [0.2, 0.25) is 5.91 Å². The second kappa shape index (κ2) is 7.64. The van der Waals surface area contributed by atoms with E-state index in [1.54, 1.807) is 35.3 Å². The molecule has 7 heteroatoms. The third-order valence-corrected chi connectivity index (χ3v) is 4.86. The summed E-state index contributed by atoms with van der Waals surface area (Å²) in [5.41, 5.74) is 2.89. The first kappa shape index (κ1) is 17.9. The predicted octanol–water partition coefficient (Wildman–Crippen LogP) is 3.17. The van der Waals surface area contributed by atoms with Crippen molar-refractivity contribution >= 4 is 23.2 Å². The first-order chi connectivity index (χ1) is 13.6. The highest BCUT2D eigenvalue weighted by Crippen LogP contribution is 2.38. The topological polar surface area (TPSA) is 88.9 Å². The second-order valence-corrected chi connectivity index (χ2v) is 7.13. The van der Waals surface area contributed by atoms with E-state index in [2.05, 4.69) is 27.6 Å². The van der Waals surface area contributed by atoms with E-state index in [1.165, 1.54) is 6.33 Å². The van der Waals surface area contributed by atoms with Gasteiger partial charge in [0.25, 0.3) is 5.91 Å². The van der Waals surface area contributed by atoms with Crippen LogP contribution in [0.25, 0.3) is 0 Å². The first-order valence-electron chi connectivity index (χ1n) is 9.22. The van der Waals surface area contributed by atoms with Gasteiger partial charge in [0.1, 0.15) is 12.7 Å². The monoisotopic (exact) mass is 375 g/mol. The maximum atomic E-state index is 12.5. The summed E-state index contributed by atoms with van der Waals surface area (Å²) in [6, 6.07) is 14.6. The Morgan fingerprint density at radius 3 is 2.57 bits per heavy atom. The molecular formula is C21H21N5O2. The number of anilines is 2. The van der Waals surface area contributed by atoms with Crippen molar-refractivity contribution in [3.8, 4) is 0 Å². The molecule has 0 saturated heterocycles. The Balaban J connectivity index is 1.38. The molecule has 2 aromatic carbocycles. The molecule has 0 aliphatic heterocycles. The maximum Gasteiger partial charge on any atom is 0.255 e. The number of carbonyl (C=O) groups is 2. The van der Waals surface area contributed by atoms with Gasteiger partial charge in [0, 0.05) is 22.9 Å². The minimum absolute atomic E-state index is 0.0213. The Bertz CT molecular complexity index is 982. The van der Waals surface area contributed by atoms with Gasteiger partial charge in [0.15, 0.2) is 0 Å². The van der Waals surface area contributed by atoms with E-state index in [0.717, 1.165) is 12.0 Å². The SMILES string of the molecule is CC1CC1C(=O)Nc1cccc(C(=O)Nc2ccc(Cn3cncn3)cc2)c1. The number of carbonyl (C=O) groups excluding carboxylic acids is 2. The normalized spacial score (nSPS) is 17.8. The van der Waals surface area contributed by atoms with Gasteiger partial charge in [0.05, 0.1) is 6.54 Å². The molecule has 1 fully saturated rings. The minimum atomic E-state index is -0.222. The molecule has 1 aliphatic rings. The Morgan fingerprint density at radius 1 is 1.11 bits per heavy atom. The molecule has 142 valence electrons. The summed E-state index contributed by atoms with van der Waals surface area (Å²) in [6.07, 6.45) is 4.08. The molecule has 1 saturated carbocycles. The van der Waals surface area contributed by atoms with Gasteiger partial charge >= 0.3 is 0 Å². The number of nitrogens with zero attached hydrogens (tertiary/aromatic N) is 3. The van der Waals surface area contributed by atoms with Gasteiger partial charge in [-0.15, -0.1) is 0 Å². The van der Waals surface area contributed by atoms with Crippen molar-refractivity contribution in [2.24, 2.45) is 11.8 Å². The number of rotatable bonds is 6. The molecule has 2 unspecified atom stereocenters. The zero-order valence-corrected chi connectivity index (χ0v) is 15.5. The summed E-state index contributed by atoms with van der Waals surface area (Å²) >= 11 is 0. The van der Waals surface area contributed by atoms with Crippen LogP contribution in [0, 0.1) is 11.8 Å². The number of benzene rings is 2. The molecule has 2 atom stereocenters. The average molecular weight is 375 g/mol. The van der Waals surface area contributed by atoms with E-state index in [-0.39, 0.29) is 17.7 Å². The van der Waals surface area contributed by atoms with Crippen molar-refractivity contribution in [2.45, 2.75) is 19.9 Å². The second-order valence-electron chi connectivity index (χ2n) is 7.13. The average Bonchev–Trinajstić information content (AvgIpc) is 3.21. The van der Waals surface area contributed by atoms with Crippen LogP contribution in [0.1, 0.15) is 29.3 Å². The van der Waals surface area contributed by atoms with Crippen molar-refractivity contribution in [1.29, 1.82) is 0 Å². The predicted molar refractivity (Wildman–Crippen MR) is 106 cm³/mol. The summed E-state index contributed by atoms with van der Waals surface area (Å²) in [5, 5.41) is 9.85. The molecule has 1 aliphatic carbocycles. The van der Waals surface area contributed by atoms with Crippen LogP contribution in [0.5, 0.6) is 0 Å². The number of nitrogens with one attached hydrogen (secondary N) is 2. The van der Waals surface area contributed by atoms with Crippen LogP contribution in [0.2, 0.25) is 0 Å². The molecule has 2 N–H and O–H groups in total. The van der Waals surface area contributed by atoms with Crippen molar-refractivity contribution in [3.05, 3.63) is 72.3 Å². The summed E-state index contributed by atoms with van der Waals surface area (Å²) in [7, 11) is 0. The minimum Gasteiger partial charge on any atom is -0.326 e. The fourth-order valence-electron chi connectivity index (χ4n) is 3.06. The van der Waals surface area contributed by atoms with E-state index < -0.39 is 0 Å². The third kappa shape index (κ3) is 4.25. The van der Waals surface area contributed by atoms with Gasteiger partial charge in [-0.05, 0) is 48.2 Å². The van der Waals surface area contributed by atoms with E-state index in [0.29, 0.717) is 29.4 Å². The highest BCUT2D eigenvalue weighted by atomic mass is 16.2. The van der Waals surface area contributed by atoms with Crippen molar-refractivity contribution in [3.63, 3.8) is 0 Å². The summed E-state index contributed by atoms with van der Waals surface area (Å²) in [4.78, 5) is 28.5. The van der Waals surface area contributed by atoms with Gasteiger partial charge in [-0.2, -0.15) is 5.10 Å². The molecule has 0 bridgehead atoms. The van der Waals surface area contributed by atoms with Crippen LogP contribution in [-0.2, 0) is 11.3 Å². The summed E-state index contributed by atoms with van der Waals surface area (Å²) in [6.45, 7) is 2.68. The van der Waals surface area contributed by atoms with Crippen molar-refractivity contribution in [2.75, 3.05) is 10.6 Å². The Kier molecular flexibility index (Phi) is 4.89. The maximum absolute atomic E-state index is 12.5. The molecule has 0 spiro atoms. The Labute approximate surface area is 162 Å². The fraction of sp³-hybridized carbons (Fsp3) is 0.238. The lowest BCUT2D eigenvalue weighted by molar-refractivity contribution is -0.117. The van der Waals surface area contributed by atoms with E-state index in [9.17, 15) is 9.59 Å². The zero-order chi connectivity index (χ0) is 19.5. The van der Waals surface area contributed by atoms with E-state index in [4.69, 9.17) is 0 Å². The Hall–Kier alpha value is -3.48. The molecule has 0 radical (unpaired) electrons. The van der Waals surface area contributed by atoms with Crippen molar-refractivity contribution in [1.82, 2.24) is 14.8 Å². The standard InChI is InChI=1S/C21H21N5O2/c1-14-9-19(14)21(28)25-18-4-2-3-16(10-18)20(27)24-17-7-5-15(6-8-17)11-26-13-22-12-23-26/h2-8,10,12-14,19H,9,11H2,1H3,(H,24,27)(H,25,28). The number of aromatic nitrogens is 3. The summed E-state index contributed by atoms with van der Waals surface area (Å²) < 4.78 is 1.73.